The smallest absolute Gasteiger partial charge is 0.350 e. The third-order valence-corrected chi connectivity index (χ3v) is 7.23. The van der Waals surface area contributed by atoms with E-state index in [1.807, 2.05) is 0 Å². The van der Waals surface area contributed by atoms with Crippen molar-refractivity contribution in [2.24, 2.45) is 0 Å². The second kappa shape index (κ2) is 12.5. The van der Waals surface area contributed by atoms with Crippen molar-refractivity contribution in [2.75, 3.05) is 18.1 Å². The van der Waals surface area contributed by atoms with E-state index in [1.54, 1.807) is 43.3 Å². The van der Waals surface area contributed by atoms with Gasteiger partial charge in [0.15, 0.2) is 5.13 Å². The highest BCUT2D eigenvalue weighted by Crippen LogP contribution is 2.44. The summed E-state index contributed by atoms with van der Waals surface area (Å²) in [6.07, 6.45) is 7.40. The molecule has 1 aromatic carbocycles. The van der Waals surface area contributed by atoms with Crippen molar-refractivity contribution in [3.8, 4) is 5.75 Å². The van der Waals surface area contributed by atoms with Gasteiger partial charge < -0.3 is 14.6 Å². The molecular weight excluding hydrogens is 518 g/mol. The van der Waals surface area contributed by atoms with Crippen LogP contribution in [-0.2, 0) is 14.3 Å². The van der Waals surface area contributed by atoms with Gasteiger partial charge in [-0.15, -0.1) is 0 Å². The molecule has 0 radical (unpaired) electrons. The van der Waals surface area contributed by atoms with E-state index in [-0.39, 0.29) is 27.9 Å². The number of aromatic nitrogens is 2. The van der Waals surface area contributed by atoms with Gasteiger partial charge in [-0.3, -0.25) is 19.5 Å². The number of rotatable bonds is 11. The van der Waals surface area contributed by atoms with Gasteiger partial charge in [0.2, 0.25) is 0 Å². The first kappa shape index (κ1) is 27.7. The standard InChI is InChI=1S/C29H29N3O6S/c1-4-6-7-16-37-21-10-8-9-20(17-21)23-22(24(33)19-11-13-30-14-12-19)25(34)27(35)32(23)29-31-18(3)26(39-29)28(36)38-15-5-2/h5,8-14,17,23,33H,2,4,6-7,15-16H2,1,3H3/b24-22+. The molecule has 0 spiro atoms. The van der Waals surface area contributed by atoms with E-state index in [4.69, 9.17) is 9.47 Å². The van der Waals surface area contributed by atoms with E-state index in [0.29, 0.717) is 29.2 Å². The van der Waals surface area contributed by atoms with E-state index in [9.17, 15) is 19.5 Å². The maximum Gasteiger partial charge on any atom is 0.350 e. The number of carbonyl (C=O) groups is 3. The summed E-state index contributed by atoms with van der Waals surface area (Å²) in [6.45, 7) is 7.82. The number of nitrogens with zero attached hydrogens (tertiary/aromatic N) is 3. The molecule has 1 atom stereocenters. The SMILES string of the molecule is C=CCOC(=O)c1sc(N2C(=O)C(=O)/C(=C(/O)c3ccncc3)C2c2cccc(OCCCCC)c2)nc1C. The van der Waals surface area contributed by atoms with Crippen molar-refractivity contribution < 1.29 is 29.0 Å². The first-order chi connectivity index (χ1) is 18.9. The molecule has 39 heavy (non-hydrogen) atoms. The molecule has 1 aliphatic heterocycles. The second-order valence-corrected chi connectivity index (χ2v) is 9.81. The number of thiazole rings is 1. The summed E-state index contributed by atoms with van der Waals surface area (Å²) in [6, 6.07) is 9.15. The number of aliphatic hydroxyl groups excluding tert-OH is 1. The lowest BCUT2D eigenvalue weighted by Crippen LogP contribution is -2.29. The predicted molar refractivity (Wildman–Crippen MR) is 148 cm³/mol. The van der Waals surface area contributed by atoms with Gasteiger partial charge in [0.25, 0.3) is 5.78 Å². The minimum Gasteiger partial charge on any atom is -0.507 e. The lowest BCUT2D eigenvalue weighted by molar-refractivity contribution is -0.132. The maximum atomic E-state index is 13.5. The molecule has 3 aromatic rings. The molecule has 10 heteroatoms. The van der Waals surface area contributed by atoms with Crippen molar-refractivity contribution in [2.45, 2.75) is 39.2 Å². The van der Waals surface area contributed by atoms with E-state index in [2.05, 4.69) is 23.5 Å². The zero-order valence-electron chi connectivity index (χ0n) is 21.8. The summed E-state index contributed by atoms with van der Waals surface area (Å²) in [5.74, 6) is -2.11. The van der Waals surface area contributed by atoms with Gasteiger partial charge in [-0.2, -0.15) is 0 Å². The Morgan fingerprint density at radius 2 is 1.97 bits per heavy atom. The lowest BCUT2D eigenvalue weighted by atomic mass is 9.95. The minimum atomic E-state index is -1.01. The molecule has 0 bridgehead atoms. The summed E-state index contributed by atoms with van der Waals surface area (Å²) in [4.78, 5) is 49.2. The Morgan fingerprint density at radius 1 is 1.21 bits per heavy atom. The number of ketones is 1. The minimum absolute atomic E-state index is 0.0208. The van der Waals surface area contributed by atoms with Crippen molar-refractivity contribution in [1.29, 1.82) is 0 Å². The molecule has 0 aliphatic carbocycles. The van der Waals surface area contributed by atoms with Crippen LogP contribution in [-0.4, -0.2) is 45.9 Å². The largest absolute Gasteiger partial charge is 0.507 e. The number of ether oxygens (including phenoxy) is 2. The molecule has 9 nitrogen and oxygen atoms in total. The van der Waals surface area contributed by atoms with Gasteiger partial charge in [-0.05, 0) is 43.2 Å². The zero-order chi connectivity index (χ0) is 27.9. The number of hydrogen-bond acceptors (Lipinski definition) is 9. The molecule has 3 heterocycles. The Morgan fingerprint density at radius 3 is 2.69 bits per heavy atom. The Hall–Kier alpha value is -4.31. The fourth-order valence-electron chi connectivity index (χ4n) is 4.20. The molecule has 1 unspecified atom stereocenters. The van der Waals surface area contributed by atoms with Gasteiger partial charge in [-0.1, -0.05) is 55.9 Å². The Bertz CT molecular complexity index is 1420. The van der Waals surface area contributed by atoms with E-state index < -0.39 is 23.7 Å². The Labute approximate surface area is 230 Å². The Balaban J connectivity index is 1.82. The van der Waals surface area contributed by atoms with Crippen LogP contribution in [0.4, 0.5) is 5.13 Å². The van der Waals surface area contributed by atoms with E-state index >= 15 is 0 Å². The number of aryl methyl sites for hydroxylation is 1. The summed E-state index contributed by atoms with van der Waals surface area (Å²) < 4.78 is 11.1. The number of amides is 1. The van der Waals surface area contributed by atoms with Crippen LogP contribution in [0.2, 0.25) is 0 Å². The topological polar surface area (TPSA) is 119 Å². The first-order valence-electron chi connectivity index (χ1n) is 12.6. The number of esters is 1. The van der Waals surface area contributed by atoms with Gasteiger partial charge in [-0.25, -0.2) is 9.78 Å². The highest BCUT2D eigenvalue weighted by Gasteiger charge is 2.48. The summed E-state index contributed by atoms with van der Waals surface area (Å²) in [7, 11) is 0. The number of unbranched alkanes of at least 4 members (excludes halogenated alkanes) is 2. The Kier molecular flexibility index (Phi) is 8.88. The van der Waals surface area contributed by atoms with Gasteiger partial charge in [0.05, 0.1) is 23.9 Å². The summed E-state index contributed by atoms with van der Waals surface area (Å²) >= 11 is 0.940. The number of hydrogen-bond donors (Lipinski definition) is 1. The highest BCUT2D eigenvalue weighted by molar-refractivity contribution is 7.17. The monoisotopic (exact) mass is 547 g/mol. The van der Waals surface area contributed by atoms with E-state index in [0.717, 1.165) is 30.6 Å². The molecule has 202 valence electrons. The number of carbonyl (C=O) groups excluding carboxylic acids is 3. The molecule has 2 aromatic heterocycles. The van der Waals surface area contributed by atoms with Crippen LogP contribution in [0, 0.1) is 6.92 Å². The zero-order valence-corrected chi connectivity index (χ0v) is 22.6. The number of benzene rings is 1. The number of pyridine rings is 1. The van der Waals surface area contributed by atoms with Crippen molar-refractivity contribution in [3.63, 3.8) is 0 Å². The normalized spacial score (nSPS) is 16.4. The summed E-state index contributed by atoms with van der Waals surface area (Å²) in [5.41, 5.74) is 1.13. The highest BCUT2D eigenvalue weighted by atomic mass is 32.1. The molecular formula is C29H29N3O6S. The van der Waals surface area contributed by atoms with Crippen molar-refractivity contribution in [1.82, 2.24) is 9.97 Å². The average Bonchev–Trinajstić information content (AvgIpc) is 3.46. The number of aliphatic hydroxyl groups is 1. The van der Waals surface area contributed by atoms with Gasteiger partial charge in [0, 0.05) is 18.0 Å². The third-order valence-electron chi connectivity index (χ3n) is 6.10. The van der Waals surface area contributed by atoms with Crippen LogP contribution in [0.15, 0.2) is 67.0 Å². The maximum absolute atomic E-state index is 13.5. The fourth-order valence-corrected chi connectivity index (χ4v) is 5.19. The van der Waals surface area contributed by atoms with Crippen LogP contribution in [0.5, 0.6) is 5.75 Å². The second-order valence-electron chi connectivity index (χ2n) is 8.83. The summed E-state index contributed by atoms with van der Waals surface area (Å²) in [5, 5.41) is 11.4. The molecule has 1 aliphatic rings. The van der Waals surface area contributed by atoms with Gasteiger partial charge in [0.1, 0.15) is 23.0 Å². The van der Waals surface area contributed by atoms with Gasteiger partial charge >= 0.3 is 11.9 Å². The number of anilines is 1. The third kappa shape index (κ3) is 5.91. The van der Waals surface area contributed by atoms with Crippen LogP contribution < -0.4 is 9.64 Å². The van der Waals surface area contributed by atoms with Crippen molar-refractivity contribution >= 4 is 39.9 Å². The van der Waals surface area contributed by atoms with Crippen LogP contribution in [0.1, 0.15) is 58.7 Å². The quantitative estimate of drug-likeness (QED) is 0.0848. The molecule has 0 saturated carbocycles. The van der Waals surface area contributed by atoms with Crippen LogP contribution >= 0.6 is 11.3 Å². The molecule has 1 amide bonds. The molecule has 4 rings (SSSR count). The first-order valence-corrected chi connectivity index (χ1v) is 13.4. The lowest BCUT2D eigenvalue weighted by Gasteiger charge is -2.23. The van der Waals surface area contributed by atoms with Crippen LogP contribution in [0.3, 0.4) is 0 Å². The molecule has 1 N–H and O–H groups in total. The molecule has 1 saturated heterocycles. The average molecular weight is 548 g/mol. The van der Waals surface area contributed by atoms with E-state index in [1.165, 1.54) is 23.4 Å². The van der Waals surface area contributed by atoms with Crippen LogP contribution in [0.25, 0.3) is 5.76 Å². The van der Waals surface area contributed by atoms with Crippen molar-refractivity contribution in [3.05, 3.63) is 88.7 Å². The predicted octanol–water partition coefficient (Wildman–Crippen LogP) is 5.38. The number of Topliss-reactive ketones (excluding diaryl/α,β-unsaturated/α-hetero) is 1. The molecule has 1 fully saturated rings. The fraction of sp³-hybridized carbons (Fsp3) is 0.276.